The summed E-state index contributed by atoms with van der Waals surface area (Å²) in [6.45, 7) is 6.30. The van der Waals surface area contributed by atoms with Crippen molar-refractivity contribution < 1.29 is 13.5 Å². The summed E-state index contributed by atoms with van der Waals surface area (Å²) in [4.78, 5) is 3.77. The van der Waals surface area contributed by atoms with Crippen LogP contribution in [0.15, 0.2) is 30.3 Å². The molecule has 0 aliphatic heterocycles. The van der Waals surface area contributed by atoms with Crippen molar-refractivity contribution in [2.75, 3.05) is 12.4 Å². The zero-order chi connectivity index (χ0) is 15.6. The Labute approximate surface area is 123 Å². The molecule has 0 amide bonds. The lowest BCUT2D eigenvalue weighted by atomic mass is 9.87. The number of hydrogen-bond acceptors (Lipinski definition) is 3. The van der Waals surface area contributed by atoms with E-state index in [4.69, 9.17) is 4.74 Å². The first-order valence-corrected chi connectivity index (χ1v) is 6.63. The van der Waals surface area contributed by atoms with Gasteiger partial charge in [0, 0.05) is 13.1 Å². The maximum atomic E-state index is 13.7. The highest BCUT2D eigenvalue weighted by Gasteiger charge is 2.15. The van der Waals surface area contributed by atoms with Crippen molar-refractivity contribution in [3.63, 3.8) is 0 Å². The highest BCUT2D eigenvalue weighted by molar-refractivity contribution is 5.41. The molecule has 0 spiro atoms. The second-order valence-corrected chi connectivity index (χ2v) is 5.73. The number of ether oxygens (including phenoxy) is 1. The third-order valence-electron chi connectivity index (χ3n) is 3.07. The van der Waals surface area contributed by atoms with E-state index in [9.17, 15) is 8.78 Å². The average Bonchev–Trinajstić information content (AvgIpc) is 2.41. The van der Waals surface area contributed by atoms with Gasteiger partial charge in [0.2, 0.25) is 0 Å². The molecule has 2 aromatic rings. The molecule has 0 aliphatic carbocycles. The summed E-state index contributed by atoms with van der Waals surface area (Å²) in [6, 6.07) is 8.05. The predicted molar refractivity (Wildman–Crippen MR) is 78.9 cm³/mol. The number of nitrogens with zero attached hydrogens (tertiary/aromatic N) is 1. The van der Waals surface area contributed by atoms with Crippen LogP contribution in [0.3, 0.4) is 0 Å². The smallest absolute Gasteiger partial charge is 0.258 e. The van der Waals surface area contributed by atoms with Crippen LogP contribution in [0.5, 0.6) is 11.6 Å². The van der Waals surface area contributed by atoms with E-state index in [2.05, 4.69) is 31.1 Å². The summed E-state index contributed by atoms with van der Waals surface area (Å²) in [6.07, 6.45) is 0. The van der Waals surface area contributed by atoms with Crippen molar-refractivity contribution in [2.24, 2.45) is 0 Å². The molecule has 1 aromatic heterocycles. The van der Waals surface area contributed by atoms with Gasteiger partial charge in [0.1, 0.15) is 5.75 Å². The van der Waals surface area contributed by atoms with Crippen LogP contribution in [0.4, 0.5) is 14.6 Å². The van der Waals surface area contributed by atoms with Crippen LogP contribution in [0.1, 0.15) is 26.3 Å². The van der Waals surface area contributed by atoms with E-state index in [-0.39, 0.29) is 17.1 Å². The average molecular weight is 292 g/mol. The summed E-state index contributed by atoms with van der Waals surface area (Å²) in [7, 11) is 1.51. The van der Waals surface area contributed by atoms with Crippen molar-refractivity contribution >= 4 is 5.82 Å². The molecule has 0 radical (unpaired) electrons. The summed E-state index contributed by atoms with van der Waals surface area (Å²) in [5.74, 6) is -1.47. The maximum Gasteiger partial charge on any atom is 0.258 e. The van der Waals surface area contributed by atoms with Gasteiger partial charge in [0.25, 0.3) is 5.88 Å². The number of pyridine rings is 1. The topological polar surface area (TPSA) is 34.2 Å². The Morgan fingerprint density at radius 3 is 2.19 bits per heavy atom. The second-order valence-electron chi connectivity index (χ2n) is 5.73. The molecule has 0 bridgehead atoms. The van der Waals surface area contributed by atoms with Crippen molar-refractivity contribution in [3.8, 4) is 11.6 Å². The molecule has 3 nitrogen and oxygen atoms in total. The number of anilines is 1. The molecular formula is C16H18F2N2O. The molecule has 2 rings (SSSR count). The van der Waals surface area contributed by atoms with Gasteiger partial charge in [0.05, 0.1) is 0 Å². The van der Waals surface area contributed by atoms with Crippen molar-refractivity contribution in [1.29, 1.82) is 0 Å². The number of nitrogens with one attached hydrogen (secondary N) is 1. The second kappa shape index (κ2) is 5.68. The minimum atomic E-state index is -0.841. The molecule has 5 heteroatoms. The van der Waals surface area contributed by atoms with E-state index in [1.807, 2.05) is 12.1 Å². The minimum Gasteiger partial charge on any atom is -0.436 e. The molecule has 1 N–H and O–H groups in total. The van der Waals surface area contributed by atoms with Crippen molar-refractivity contribution in [3.05, 3.63) is 47.5 Å². The fourth-order valence-electron chi connectivity index (χ4n) is 1.83. The molecule has 0 unspecified atom stereocenters. The first-order chi connectivity index (χ1) is 9.81. The van der Waals surface area contributed by atoms with Crippen LogP contribution in [-0.4, -0.2) is 12.0 Å². The summed E-state index contributed by atoms with van der Waals surface area (Å²) < 4.78 is 32.4. The van der Waals surface area contributed by atoms with Gasteiger partial charge in [-0.25, -0.2) is 8.78 Å². The van der Waals surface area contributed by atoms with E-state index in [1.54, 1.807) is 12.1 Å². The Balaban J connectivity index is 2.26. The molecule has 21 heavy (non-hydrogen) atoms. The van der Waals surface area contributed by atoms with Gasteiger partial charge in [0.15, 0.2) is 17.5 Å². The highest BCUT2D eigenvalue weighted by Crippen LogP contribution is 2.28. The van der Waals surface area contributed by atoms with Crippen LogP contribution in [-0.2, 0) is 5.41 Å². The quantitative estimate of drug-likeness (QED) is 0.905. The molecule has 1 heterocycles. The molecular weight excluding hydrogens is 274 g/mol. The van der Waals surface area contributed by atoms with Gasteiger partial charge < -0.3 is 10.1 Å². The van der Waals surface area contributed by atoms with Crippen LogP contribution in [0.2, 0.25) is 0 Å². The number of benzene rings is 1. The summed E-state index contributed by atoms with van der Waals surface area (Å²) in [5.41, 5.74) is 1.16. The monoisotopic (exact) mass is 292 g/mol. The molecule has 0 saturated carbocycles. The SMILES string of the molecule is CNc1nc(Oc2ccc(C(C)(C)C)cc2)c(F)cc1F. The van der Waals surface area contributed by atoms with Gasteiger partial charge in [-0.05, 0) is 23.1 Å². The first kappa shape index (κ1) is 15.2. The van der Waals surface area contributed by atoms with Gasteiger partial charge in [-0.2, -0.15) is 4.98 Å². The standard InChI is InChI=1S/C16H18F2N2O/c1-16(2,3)10-5-7-11(8-6-10)21-15-13(18)9-12(17)14(19-4)20-15/h5-9H,1-4H3,(H,19,20). The van der Waals surface area contributed by atoms with Crippen LogP contribution >= 0.6 is 0 Å². The molecule has 0 atom stereocenters. The summed E-state index contributed by atoms with van der Waals surface area (Å²) >= 11 is 0. The predicted octanol–water partition coefficient (Wildman–Crippen LogP) is 4.49. The molecule has 0 fully saturated rings. The zero-order valence-electron chi connectivity index (χ0n) is 12.5. The minimum absolute atomic E-state index is 0.0250. The fraction of sp³-hybridized carbons (Fsp3) is 0.312. The summed E-state index contributed by atoms with van der Waals surface area (Å²) in [5, 5.41) is 2.54. The number of rotatable bonds is 3. The lowest BCUT2D eigenvalue weighted by Crippen LogP contribution is -2.10. The van der Waals surface area contributed by atoms with E-state index in [1.165, 1.54) is 7.05 Å². The normalized spacial score (nSPS) is 11.3. The Kier molecular flexibility index (Phi) is 4.11. The Morgan fingerprint density at radius 1 is 1.05 bits per heavy atom. The van der Waals surface area contributed by atoms with E-state index in [0.29, 0.717) is 5.75 Å². The lowest BCUT2D eigenvalue weighted by Gasteiger charge is -2.19. The molecule has 0 saturated heterocycles. The molecule has 1 aromatic carbocycles. The lowest BCUT2D eigenvalue weighted by molar-refractivity contribution is 0.417. The van der Waals surface area contributed by atoms with Gasteiger partial charge in [-0.3, -0.25) is 0 Å². The maximum absolute atomic E-state index is 13.7. The molecule has 0 aliphatic rings. The zero-order valence-corrected chi connectivity index (χ0v) is 12.5. The Hall–Kier alpha value is -2.17. The fourth-order valence-corrected chi connectivity index (χ4v) is 1.83. The van der Waals surface area contributed by atoms with Crippen LogP contribution in [0, 0.1) is 11.6 Å². The van der Waals surface area contributed by atoms with E-state index >= 15 is 0 Å². The third kappa shape index (κ3) is 3.48. The van der Waals surface area contributed by atoms with E-state index in [0.717, 1.165) is 11.6 Å². The Bertz CT molecular complexity index is 634. The van der Waals surface area contributed by atoms with Crippen LogP contribution < -0.4 is 10.1 Å². The number of hydrogen-bond donors (Lipinski definition) is 1. The third-order valence-corrected chi connectivity index (χ3v) is 3.07. The van der Waals surface area contributed by atoms with Gasteiger partial charge in [-0.15, -0.1) is 0 Å². The number of aromatic nitrogens is 1. The largest absolute Gasteiger partial charge is 0.436 e. The Morgan fingerprint density at radius 2 is 1.67 bits per heavy atom. The number of halogens is 2. The highest BCUT2D eigenvalue weighted by atomic mass is 19.1. The van der Waals surface area contributed by atoms with Crippen molar-refractivity contribution in [2.45, 2.75) is 26.2 Å². The molecule has 112 valence electrons. The van der Waals surface area contributed by atoms with Crippen molar-refractivity contribution in [1.82, 2.24) is 4.98 Å². The van der Waals surface area contributed by atoms with Gasteiger partial charge >= 0.3 is 0 Å². The first-order valence-electron chi connectivity index (χ1n) is 6.63. The van der Waals surface area contributed by atoms with E-state index < -0.39 is 11.6 Å². The van der Waals surface area contributed by atoms with Crippen LogP contribution in [0.25, 0.3) is 0 Å². The van der Waals surface area contributed by atoms with Gasteiger partial charge in [-0.1, -0.05) is 32.9 Å².